The Bertz CT molecular complexity index is 5300. The first-order chi connectivity index (χ1) is 64.6. The maximum absolute atomic E-state index is 12.1. The van der Waals surface area contributed by atoms with Crippen molar-refractivity contribution in [3.8, 4) is 22.8 Å². The summed E-state index contributed by atoms with van der Waals surface area (Å²) in [5, 5.41) is 25.7. The number of ether oxygens (including phenoxy) is 1. The van der Waals surface area contributed by atoms with Gasteiger partial charge in [0, 0.05) is 61.2 Å². The van der Waals surface area contributed by atoms with Crippen molar-refractivity contribution < 1.29 is 39.3 Å². The van der Waals surface area contributed by atoms with Gasteiger partial charge in [-0.3, -0.25) is 0 Å². The number of carbonyl (C=O) groups excluding carboxylic acids is 1. The molecular formula is C116H121BBrN7O4P4Pd. The monoisotopic (exact) mass is 2000 g/mol. The summed E-state index contributed by atoms with van der Waals surface area (Å²) in [5.74, 6) is 1.58. The molecule has 14 aromatic carbocycles. The van der Waals surface area contributed by atoms with Crippen LogP contribution in [0.4, 0.5) is 4.79 Å². The fourth-order valence-corrected chi connectivity index (χ4v) is 24.4. The number of allylic oxidation sites excluding steroid dienone is 2. The molecule has 1 aliphatic carbocycles. The van der Waals surface area contributed by atoms with Crippen LogP contribution in [0.25, 0.3) is 28.3 Å². The Morgan fingerprint density at radius 3 is 0.836 bits per heavy atom. The Hall–Kier alpha value is -11.0. The standard InChI is InChI=1S/4C18H15P.C17H21N3.C16H28BNO4.C11H12BrN3.Pd/c4*1-4-10-16(11-5-1)19(17-12-6-2-7-13-17)18-14-8-3-9-15-18;1-13(2)20-12-18-17(19-20)16-10-8-15(9-11-16)14-6-4-3-5-7-14;1-14(2,3)20-13(19)18-10-8-12(9-11-18)17-21-15(4,5)16(6,7)22-17;1-8(2)15-7-13-11(14-15)9-3-5-10(12)6-4-9;/h4*1-15H;6,8-13H,3-5,7H2,1-2H3;8H,9-11H2,1-7H3;3-8H,1-2H3;. The van der Waals surface area contributed by atoms with Crippen molar-refractivity contribution in [1.82, 2.24) is 34.4 Å². The Labute approximate surface area is 823 Å². The number of benzene rings is 14. The van der Waals surface area contributed by atoms with E-state index in [2.05, 4.69) is 458 Å². The third-order valence-corrected chi connectivity index (χ3v) is 32.9. The van der Waals surface area contributed by atoms with E-state index in [0.717, 1.165) is 39.1 Å². The van der Waals surface area contributed by atoms with Crippen LogP contribution in [-0.2, 0) is 34.5 Å². The molecule has 0 radical (unpaired) electrons. The van der Waals surface area contributed by atoms with Gasteiger partial charge in [-0.2, -0.15) is 10.2 Å². The van der Waals surface area contributed by atoms with Gasteiger partial charge in [0.2, 0.25) is 0 Å². The van der Waals surface area contributed by atoms with Gasteiger partial charge in [0.25, 0.3) is 0 Å². The minimum absolute atomic E-state index is 0. The maximum atomic E-state index is 12.1. The fraction of sp³-hybridized carbons (Fsp3) is 0.198. The smallest absolute Gasteiger partial charge is 0.444 e. The van der Waals surface area contributed by atoms with Gasteiger partial charge in [-0.1, -0.05) is 428 Å². The molecule has 1 fully saturated rings. The molecule has 2 aliphatic heterocycles. The third-order valence-electron chi connectivity index (χ3n) is 22.6. The third kappa shape index (κ3) is 30.0. The van der Waals surface area contributed by atoms with Crippen molar-refractivity contribution >= 4 is 130 Å². The Balaban J connectivity index is 0.000000141. The van der Waals surface area contributed by atoms with Gasteiger partial charge in [0.05, 0.1) is 11.2 Å². The summed E-state index contributed by atoms with van der Waals surface area (Å²) < 4.78 is 22.3. The number of halogens is 1. The second-order valence-electron chi connectivity index (χ2n) is 34.8. The fourth-order valence-electron chi connectivity index (χ4n) is 14.9. The summed E-state index contributed by atoms with van der Waals surface area (Å²) in [6, 6.07) is 147. The van der Waals surface area contributed by atoms with Gasteiger partial charge in [-0.05, 0) is 232 Å². The van der Waals surface area contributed by atoms with Gasteiger partial charge >= 0.3 is 13.2 Å². The van der Waals surface area contributed by atoms with Crippen LogP contribution in [0.5, 0.6) is 0 Å². The summed E-state index contributed by atoms with van der Waals surface area (Å²) in [7, 11) is -2.10. The van der Waals surface area contributed by atoms with Gasteiger partial charge in [-0.25, -0.2) is 24.1 Å². The van der Waals surface area contributed by atoms with Crippen LogP contribution in [0, 0.1) is 0 Å². The molecule has 0 atom stereocenters. The van der Waals surface area contributed by atoms with E-state index in [1.54, 1.807) is 17.6 Å². The molecule has 1 amide bonds. The molecule has 0 spiro atoms. The summed E-state index contributed by atoms with van der Waals surface area (Å²) >= 11 is 3.40. The molecule has 684 valence electrons. The zero-order valence-electron chi connectivity index (χ0n) is 78.5. The van der Waals surface area contributed by atoms with E-state index in [0.29, 0.717) is 25.2 Å². The predicted molar refractivity (Wildman–Crippen MR) is 573 cm³/mol. The van der Waals surface area contributed by atoms with E-state index >= 15 is 0 Å². The van der Waals surface area contributed by atoms with Crippen LogP contribution in [0.1, 0.15) is 126 Å². The Morgan fingerprint density at radius 1 is 0.366 bits per heavy atom. The molecule has 11 nitrogen and oxygen atoms in total. The first-order valence-corrected chi connectivity index (χ1v) is 52.0. The first kappa shape index (κ1) is 102. The number of amides is 1. The molecule has 16 aromatic rings. The van der Waals surface area contributed by atoms with E-state index < -0.39 is 37.3 Å². The van der Waals surface area contributed by atoms with Gasteiger partial charge in [-0.15, -0.1) is 0 Å². The zero-order chi connectivity index (χ0) is 93.2. The van der Waals surface area contributed by atoms with Gasteiger partial charge < -0.3 is 18.9 Å². The molecule has 3 aliphatic rings. The quantitative estimate of drug-likeness (QED) is 0.0617. The average Bonchev–Trinajstić information content (AvgIpc) is 1.66. The number of rotatable bonds is 18. The summed E-state index contributed by atoms with van der Waals surface area (Å²) in [6.45, 7) is 23.4. The topological polar surface area (TPSA) is 109 Å². The average molecular weight is 2000 g/mol. The van der Waals surface area contributed by atoms with Crippen LogP contribution < -0.4 is 63.7 Å². The van der Waals surface area contributed by atoms with Crippen LogP contribution >= 0.6 is 47.6 Å². The molecule has 19 rings (SSSR count). The number of hydrogen-bond donors (Lipinski definition) is 0. The summed E-state index contributed by atoms with van der Waals surface area (Å²) in [5.41, 5.74) is 4.94. The molecule has 1 saturated heterocycles. The van der Waals surface area contributed by atoms with Crippen molar-refractivity contribution in [2.75, 3.05) is 13.1 Å². The molecule has 0 unspecified atom stereocenters. The SMILES string of the molecule is CC(C)(C)OC(=O)N1CC=C(B2OC(C)(C)C(C)(C)O2)CC1.CC(C)n1cnc(-c2ccc(Br)cc2)n1.CC(C)n1cnc(-c2ccc(C3=CCCCC3)cc2)n1.[Pd].c1ccc(P(c2ccccc2)c2ccccc2)cc1.c1ccc(P(c2ccccc2)c2ccccc2)cc1.c1ccc(P(c2ccccc2)c2ccccc2)cc1.c1ccc(P(c2ccccc2)c2ccccc2)cc1. The first-order valence-electron chi connectivity index (χ1n) is 45.8. The van der Waals surface area contributed by atoms with Crippen LogP contribution in [-0.4, -0.2) is 77.5 Å². The molecule has 0 N–H and O–H groups in total. The molecule has 134 heavy (non-hydrogen) atoms. The summed E-state index contributed by atoms with van der Waals surface area (Å²) in [4.78, 5) is 22.4. The van der Waals surface area contributed by atoms with E-state index in [1.807, 2.05) is 88.2 Å². The minimum Gasteiger partial charge on any atom is -0.444 e. The van der Waals surface area contributed by atoms with Crippen LogP contribution in [0.3, 0.4) is 0 Å². The largest absolute Gasteiger partial charge is 0.490 e. The normalized spacial score (nSPS) is 13.5. The summed E-state index contributed by atoms with van der Waals surface area (Å²) in [6.07, 6.45) is 13.5. The molecule has 18 heteroatoms. The van der Waals surface area contributed by atoms with Crippen molar-refractivity contribution in [3.05, 3.63) is 453 Å². The van der Waals surface area contributed by atoms with Crippen molar-refractivity contribution in [3.63, 3.8) is 0 Å². The molecule has 0 bridgehead atoms. The molecule has 2 aromatic heterocycles. The molecule has 0 saturated carbocycles. The van der Waals surface area contributed by atoms with Crippen molar-refractivity contribution in [2.24, 2.45) is 0 Å². The predicted octanol–water partition coefficient (Wildman–Crippen LogP) is 24.7. The van der Waals surface area contributed by atoms with Gasteiger partial charge in [0.1, 0.15) is 18.3 Å². The van der Waals surface area contributed by atoms with Crippen molar-refractivity contribution in [1.29, 1.82) is 0 Å². The second-order valence-corrected chi connectivity index (χ2v) is 44.6. The Morgan fingerprint density at radius 2 is 0.619 bits per heavy atom. The molecule has 4 heterocycles. The van der Waals surface area contributed by atoms with Crippen LogP contribution in [0.2, 0.25) is 0 Å². The van der Waals surface area contributed by atoms with E-state index in [9.17, 15) is 4.79 Å². The number of hydrogen-bond acceptors (Lipinski definition) is 8. The second kappa shape index (κ2) is 51.6. The molecular weight excluding hydrogens is 1880 g/mol. The zero-order valence-corrected chi connectivity index (χ0v) is 85.2. The van der Waals surface area contributed by atoms with Crippen LogP contribution in [0.15, 0.2) is 447 Å². The minimum atomic E-state index is -0.465. The number of carbonyl (C=O) groups is 1. The Kier molecular flexibility index (Phi) is 39.2. The van der Waals surface area contributed by atoms with E-state index in [4.69, 9.17) is 14.0 Å². The van der Waals surface area contributed by atoms with E-state index in [-0.39, 0.29) is 44.8 Å². The maximum Gasteiger partial charge on any atom is 0.490 e. The van der Waals surface area contributed by atoms with E-state index in [1.165, 1.54) is 100 Å². The number of aromatic nitrogens is 6. The van der Waals surface area contributed by atoms with Gasteiger partial charge in [0.15, 0.2) is 11.6 Å². The number of nitrogens with zero attached hydrogens (tertiary/aromatic N) is 7. The van der Waals surface area contributed by atoms with Crippen molar-refractivity contribution in [2.45, 2.75) is 137 Å².